The molecule has 4 heterocycles. The van der Waals surface area contributed by atoms with E-state index in [4.69, 9.17) is 0 Å². The Balaban J connectivity index is 1.50. The largest absolute Gasteiger partial charge is 0.342 e. The summed E-state index contributed by atoms with van der Waals surface area (Å²) in [4.78, 5) is 17.7. The van der Waals surface area contributed by atoms with Crippen molar-refractivity contribution in [3.05, 3.63) is 46.7 Å². The molecular weight excluding hydrogens is 414 g/mol. The molecule has 1 aliphatic carbocycles. The minimum atomic E-state index is -3.61. The van der Waals surface area contributed by atoms with Crippen LogP contribution in [0.3, 0.4) is 0 Å². The Kier molecular flexibility index (Phi) is 4.50. The van der Waals surface area contributed by atoms with E-state index in [9.17, 15) is 13.2 Å². The Morgan fingerprint density at radius 3 is 2.61 bits per heavy atom. The number of nitrogens with zero attached hydrogens (tertiary/aromatic N) is 4. The fourth-order valence-corrected chi connectivity index (χ4v) is 7.07. The van der Waals surface area contributed by atoms with Crippen LogP contribution in [0, 0.1) is 17.8 Å². The van der Waals surface area contributed by atoms with Gasteiger partial charge in [-0.15, -0.1) is 5.11 Å². The molecule has 5 rings (SSSR count). The monoisotopic (exact) mass is 441 g/mol. The van der Waals surface area contributed by atoms with Gasteiger partial charge in [0.2, 0.25) is 10.0 Å². The summed E-state index contributed by atoms with van der Waals surface area (Å²) in [5, 5.41) is 11.9. The van der Waals surface area contributed by atoms with E-state index in [1.165, 1.54) is 10.5 Å². The number of nitrogens with one attached hydrogen (secondary N) is 1. The van der Waals surface area contributed by atoms with Gasteiger partial charge < -0.3 is 5.32 Å². The normalized spacial score (nSPS) is 24.9. The number of aromatic nitrogens is 1. The zero-order valence-electron chi connectivity index (χ0n) is 18.1. The number of pyridine rings is 1. The minimum Gasteiger partial charge on any atom is -0.342 e. The molecule has 1 spiro atoms. The Morgan fingerprint density at radius 1 is 1.16 bits per heavy atom. The molecule has 1 saturated heterocycles. The number of carbonyl (C=O) groups is 1. The van der Waals surface area contributed by atoms with Crippen LogP contribution >= 0.6 is 0 Å². The van der Waals surface area contributed by atoms with E-state index >= 15 is 0 Å². The van der Waals surface area contributed by atoms with E-state index in [2.05, 4.69) is 34.4 Å². The number of ketones is 1. The number of carbonyl (C=O) groups excluding carboxylic acids is 1. The molecule has 31 heavy (non-hydrogen) atoms. The topological polar surface area (TPSA) is 104 Å². The lowest BCUT2D eigenvalue weighted by Gasteiger charge is -2.48. The number of hydrogen-bond donors (Lipinski definition) is 1. The molecule has 164 valence electrons. The van der Waals surface area contributed by atoms with E-state index in [1.54, 1.807) is 19.1 Å². The maximum Gasteiger partial charge on any atom is 0.243 e. The summed E-state index contributed by atoms with van der Waals surface area (Å²) < 4.78 is 28.0. The maximum absolute atomic E-state index is 13.3. The number of dihydropyridines is 1. The molecule has 8 nitrogen and oxygen atoms in total. The van der Waals surface area contributed by atoms with E-state index in [0.29, 0.717) is 44.6 Å². The highest BCUT2D eigenvalue weighted by molar-refractivity contribution is 7.89. The summed E-state index contributed by atoms with van der Waals surface area (Å²) in [6.45, 7) is 7.17. The second-order valence-corrected chi connectivity index (χ2v) is 11.7. The van der Waals surface area contributed by atoms with Gasteiger partial charge in [0.1, 0.15) is 0 Å². The van der Waals surface area contributed by atoms with E-state index in [-0.39, 0.29) is 16.1 Å². The predicted octanol–water partition coefficient (Wildman–Crippen LogP) is 3.08. The molecule has 0 saturated carbocycles. The van der Waals surface area contributed by atoms with Gasteiger partial charge in [-0.25, -0.2) is 8.42 Å². The average Bonchev–Trinajstić information content (AvgIpc) is 3.16. The molecule has 0 aromatic carbocycles. The van der Waals surface area contributed by atoms with Crippen molar-refractivity contribution in [3.63, 3.8) is 0 Å². The average molecular weight is 442 g/mol. The van der Waals surface area contributed by atoms with Crippen molar-refractivity contribution in [3.8, 4) is 0 Å². The fraction of sp³-hybridized carbons (Fsp3) is 0.545. The van der Waals surface area contributed by atoms with Crippen LogP contribution in [0.5, 0.6) is 0 Å². The fourth-order valence-electron chi connectivity index (χ4n) is 5.56. The van der Waals surface area contributed by atoms with Crippen LogP contribution in [-0.2, 0) is 14.8 Å². The van der Waals surface area contributed by atoms with Crippen LogP contribution in [0.2, 0.25) is 0 Å². The number of aryl methyl sites for hydroxylation is 1. The first-order valence-electron chi connectivity index (χ1n) is 10.7. The van der Waals surface area contributed by atoms with Crippen molar-refractivity contribution in [2.24, 2.45) is 21.1 Å². The molecule has 0 amide bonds. The molecule has 4 aliphatic rings. The van der Waals surface area contributed by atoms with Gasteiger partial charge in [-0.3, -0.25) is 9.78 Å². The van der Waals surface area contributed by atoms with Crippen molar-refractivity contribution in [2.45, 2.75) is 51.3 Å². The molecule has 3 aliphatic heterocycles. The zero-order chi connectivity index (χ0) is 22.0. The van der Waals surface area contributed by atoms with Crippen molar-refractivity contribution >= 4 is 15.8 Å². The van der Waals surface area contributed by atoms with Crippen molar-refractivity contribution in [1.82, 2.24) is 14.6 Å². The minimum absolute atomic E-state index is 0.110. The Morgan fingerprint density at radius 2 is 1.90 bits per heavy atom. The van der Waals surface area contributed by atoms with Gasteiger partial charge >= 0.3 is 0 Å². The SMILES string of the molecule is Cc1cc(S(=O)(=O)N2CCC3(CC2)C2=C(N=NC2)NC2=C3C(=O)CC(C)(C)C2)ccn1. The van der Waals surface area contributed by atoms with Gasteiger partial charge in [0, 0.05) is 53.7 Å². The molecule has 0 atom stereocenters. The number of piperidine rings is 1. The van der Waals surface area contributed by atoms with Gasteiger partial charge in [0.05, 0.1) is 11.4 Å². The molecule has 0 radical (unpaired) electrons. The maximum atomic E-state index is 13.3. The first kappa shape index (κ1) is 20.5. The quantitative estimate of drug-likeness (QED) is 0.759. The third kappa shape index (κ3) is 3.17. The van der Waals surface area contributed by atoms with Gasteiger partial charge in [-0.1, -0.05) is 13.8 Å². The van der Waals surface area contributed by atoms with E-state index in [1.807, 2.05) is 0 Å². The zero-order valence-corrected chi connectivity index (χ0v) is 18.9. The number of azo groups is 1. The number of rotatable bonds is 2. The lowest BCUT2D eigenvalue weighted by molar-refractivity contribution is -0.119. The second-order valence-electron chi connectivity index (χ2n) is 9.77. The van der Waals surface area contributed by atoms with Crippen LogP contribution in [0.1, 0.15) is 45.2 Å². The number of allylic oxidation sites excluding steroid dienone is 2. The van der Waals surface area contributed by atoms with Crippen LogP contribution in [0.4, 0.5) is 0 Å². The number of fused-ring (bicyclic) bond motifs is 2. The van der Waals surface area contributed by atoms with E-state index in [0.717, 1.165) is 29.1 Å². The number of Topliss-reactive ketones (excluding diaryl/α,β-unsaturated/α-hetero) is 1. The molecule has 0 unspecified atom stereocenters. The Hall–Kier alpha value is -2.39. The van der Waals surface area contributed by atoms with Crippen LogP contribution in [0.15, 0.2) is 56.1 Å². The summed E-state index contributed by atoms with van der Waals surface area (Å²) in [5.74, 6) is 0.920. The van der Waals surface area contributed by atoms with E-state index < -0.39 is 15.4 Å². The van der Waals surface area contributed by atoms with Gasteiger partial charge in [-0.2, -0.15) is 9.42 Å². The third-order valence-electron chi connectivity index (χ3n) is 6.97. The first-order chi connectivity index (χ1) is 14.6. The molecule has 1 N–H and O–H groups in total. The first-order valence-corrected chi connectivity index (χ1v) is 12.1. The molecule has 9 heteroatoms. The van der Waals surface area contributed by atoms with Gasteiger partial charge in [0.15, 0.2) is 11.6 Å². The molecular formula is C22H27N5O3S. The lowest BCUT2D eigenvalue weighted by atomic mass is 9.60. The standard InChI is InChI=1S/C22H27N5O3S/c1-14-10-15(4-7-23-14)31(29,30)27-8-5-22(6-9-27)16-13-24-26-20(16)25-17-11-21(2,3)12-18(28)19(17)22/h4,7,10,25H,5-6,8-9,11-13H2,1-3H3. The second kappa shape index (κ2) is 6.80. The van der Waals surface area contributed by atoms with Gasteiger partial charge in [-0.05, 0) is 43.7 Å². The Labute approximate surface area is 182 Å². The number of hydrogen-bond acceptors (Lipinski definition) is 7. The van der Waals surface area contributed by atoms with Crippen LogP contribution < -0.4 is 5.32 Å². The van der Waals surface area contributed by atoms with Crippen molar-refractivity contribution in [1.29, 1.82) is 0 Å². The summed E-state index contributed by atoms with van der Waals surface area (Å²) in [5.41, 5.74) is 2.91. The highest BCUT2D eigenvalue weighted by Gasteiger charge is 2.53. The summed E-state index contributed by atoms with van der Waals surface area (Å²) in [7, 11) is -3.61. The summed E-state index contributed by atoms with van der Waals surface area (Å²) in [6.07, 6.45) is 3.93. The predicted molar refractivity (Wildman–Crippen MR) is 114 cm³/mol. The van der Waals surface area contributed by atoms with Crippen molar-refractivity contribution in [2.75, 3.05) is 19.6 Å². The number of sulfonamides is 1. The highest BCUT2D eigenvalue weighted by Crippen LogP contribution is 2.55. The third-order valence-corrected chi connectivity index (χ3v) is 8.86. The summed E-state index contributed by atoms with van der Waals surface area (Å²) >= 11 is 0. The lowest BCUT2D eigenvalue weighted by Crippen LogP contribution is -2.50. The smallest absolute Gasteiger partial charge is 0.243 e. The molecule has 0 bridgehead atoms. The van der Waals surface area contributed by atoms with Gasteiger partial charge in [0.25, 0.3) is 0 Å². The molecule has 1 aromatic rings. The summed E-state index contributed by atoms with van der Waals surface area (Å²) in [6, 6.07) is 3.15. The molecule has 1 aromatic heterocycles. The van der Waals surface area contributed by atoms with Crippen LogP contribution in [0.25, 0.3) is 0 Å². The van der Waals surface area contributed by atoms with Crippen molar-refractivity contribution < 1.29 is 13.2 Å². The molecule has 1 fully saturated rings. The van der Waals surface area contributed by atoms with Crippen LogP contribution in [-0.4, -0.2) is 43.1 Å². The Bertz CT molecular complexity index is 1170. The highest BCUT2D eigenvalue weighted by atomic mass is 32.2.